The number of benzene rings is 1. The van der Waals surface area contributed by atoms with Crippen molar-refractivity contribution in [3.8, 4) is 5.75 Å². The summed E-state index contributed by atoms with van der Waals surface area (Å²) in [5, 5.41) is 8.49. The first-order valence-electron chi connectivity index (χ1n) is 6.72. The molecule has 19 heavy (non-hydrogen) atoms. The number of methoxy groups -OCH3 is 1. The van der Waals surface area contributed by atoms with Crippen LogP contribution in [0.2, 0.25) is 0 Å². The van der Waals surface area contributed by atoms with Crippen LogP contribution in [0, 0.1) is 0 Å². The lowest BCUT2D eigenvalue weighted by molar-refractivity contribution is -0.137. The third kappa shape index (κ3) is 6.65. The molecule has 0 saturated heterocycles. The van der Waals surface area contributed by atoms with E-state index < -0.39 is 5.97 Å². The molecule has 0 aliphatic carbocycles. The quantitative estimate of drug-likeness (QED) is 0.543. The number of unbranched alkanes of at least 4 members (excludes halogenated alkanes) is 2. The summed E-state index contributed by atoms with van der Waals surface area (Å²) >= 11 is 0. The highest BCUT2D eigenvalue weighted by Crippen LogP contribution is 2.19. The van der Waals surface area contributed by atoms with Gasteiger partial charge in [-0.15, -0.1) is 0 Å². The molecule has 1 aromatic carbocycles. The van der Waals surface area contributed by atoms with Gasteiger partial charge in [0.2, 0.25) is 0 Å². The molecule has 0 aliphatic heterocycles. The minimum absolute atomic E-state index is 0.256. The Balaban J connectivity index is 2.16. The van der Waals surface area contributed by atoms with Crippen LogP contribution in [-0.4, -0.2) is 18.2 Å². The zero-order valence-corrected chi connectivity index (χ0v) is 11.5. The topological polar surface area (TPSA) is 46.5 Å². The van der Waals surface area contributed by atoms with E-state index in [1.165, 1.54) is 5.56 Å². The van der Waals surface area contributed by atoms with Gasteiger partial charge in [-0.05, 0) is 43.7 Å². The Bertz CT molecular complexity index is 410. The van der Waals surface area contributed by atoms with E-state index in [2.05, 4.69) is 18.2 Å². The van der Waals surface area contributed by atoms with Gasteiger partial charge in [0.25, 0.3) is 0 Å². The Morgan fingerprint density at radius 2 is 1.89 bits per heavy atom. The van der Waals surface area contributed by atoms with Crippen LogP contribution in [0.25, 0.3) is 0 Å². The predicted molar refractivity (Wildman–Crippen MR) is 76.6 cm³/mol. The van der Waals surface area contributed by atoms with Gasteiger partial charge in [-0.3, -0.25) is 4.79 Å². The van der Waals surface area contributed by atoms with E-state index in [0.29, 0.717) is 0 Å². The summed E-state index contributed by atoms with van der Waals surface area (Å²) in [6.45, 7) is 0. The summed E-state index contributed by atoms with van der Waals surface area (Å²) in [5.74, 6) is 0.234. The van der Waals surface area contributed by atoms with Crippen LogP contribution < -0.4 is 4.74 Å². The fourth-order valence-corrected chi connectivity index (χ4v) is 1.93. The Morgan fingerprint density at radius 3 is 2.58 bits per heavy atom. The van der Waals surface area contributed by atoms with E-state index in [1.54, 1.807) is 7.11 Å². The zero-order chi connectivity index (χ0) is 13.9. The van der Waals surface area contributed by atoms with Crippen LogP contribution in [0.4, 0.5) is 0 Å². The highest BCUT2D eigenvalue weighted by Gasteiger charge is 1.99. The van der Waals surface area contributed by atoms with Crippen molar-refractivity contribution in [2.75, 3.05) is 7.11 Å². The maximum Gasteiger partial charge on any atom is 0.303 e. The van der Waals surface area contributed by atoms with Crippen LogP contribution in [0.15, 0.2) is 36.4 Å². The van der Waals surface area contributed by atoms with E-state index in [-0.39, 0.29) is 6.42 Å². The number of rotatable bonds is 9. The molecule has 0 spiro atoms. The van der Waals surface area contributed by atoms with E-state index >= 15 is 0 Å². The van der Waals surface area contributed by atoms with Gasteiger partial charge in [-0.25, -0.2) is 0 Å². The van der Waals surface area contributed by atoms with Crippen LogP contribution in [0.1, 0.15) is 37.7 Å². The van der Waals surface area contributed by atoms with Gasteiger partial charge in [-0.2, -0.15) is 0 Å². The van der Waals surface area contributed by atoms with Crippen molar-refractivity contribution in [1.29, 1.82) is 0 Å². The highest BCUT2D eigenvalue weighted by molar-refractivity contribution is 5.66. The molecule has 0 bridgehead atoms. The summed E-state index contributed by atoms with van der Waals surface area (Å²) in [7, 11) is 1.70. The van der Waals surface area contributed by atoms with Crippen LogP contribution in [0.5, 0.6) is 5.75 Å². The van der Waals surface area contributed by atoms with Gasteiger partial charge in [0, 0.05) is 6.42 Å². The molecule has 0 unspecified atom stereocenters. The molecule has 3 nitrogen and oxygen atoms in total. The highest BCUT2D eigenvalue weighted by atomic mass is 16.5. The molecular formula is C16H22O3. The second-order valence-electron chi connectivity index (χ2n) is 4.46. The van der Waals surface area contributed by atoms with Crippen molar-refractivity contribution in [2.24, 2.45) is 0 Å². The molecular weight excluding hydrogens is 240 g/mol. The number of carboxylic acid groups (broad SMARTS) is 1. The largest absolute Gasteiger partial charge is 0.496 e. The number of carboxylic acids is 1. The first-order valence-corrected chi connectivity index (χ1v) is 6.72. The fraction of sp³-hybridized carbons (Fsp3) is 0.438. The van der Waals surface area contributed by atoms with Gasteiger partial charge in [0.15, 0.2) is 0 Å². The molecule has 1 aromatic rings. The van der Waals surface area contributed by atoms with Gasteiger partial charge in [0.05, 0.1) is 7.11 Å². The smallest absolute Gasteiger partial charge is 0.303 e. The maximum atomic E-state index is 10.3. The first-order chi connectivity index (χ1) is 9.24. The standard InChI is InChI=1S/C16H22O3/c1-19-15-12-9-8-11-14(15)10-6-4-2-3-5-7-13-16(17)18/h2-3,8-9,11-12H,4-7,10,13H2,1H3,(H,17,18). The molecule has 0 amide bonds. The Morgan fingerprint density at radius 1 is 1.21 bits per heavy atom. The van der Waals surface area contributed by atoms with E-state index in [0.717, 1.165) is 37.9 Å². The number of carbonyl (C=O) groups is 1. The van der Waals surface area contributed by atoms with Crippen LogP contribution >= 0.6 is 0 Å². The lowest BCUT2D eigenvalue weighted by Gasteiger charge is -2.06. The van der Waals surface area contributed by atoms with Crippen LogP contribution in [0.3, 0.4) is 0 Å². The first kappa shape index (κ1) is 15.3. The number of allylic oxidation sites excluding steroid dienone is 2. The molecule has 1 rings (SSSR count). The molecule has 0 radical (unpaired) electrons. The van der Waals surface area contributed by atoms with Crippen molar-refractivity contribution in [1.82, 2.24) is 0 Å². The van der Waals surface area contributed by atoms with Crippen molar-refractivity contribution in [3.63, 3.8) is 0 Å². The van der Waals surface area contributed by atoms with Crippen molar-refractivity contribution < 1.29 is 14.6 Å². The second-order valence-corrected chi connectivity index (χ2v) is 4.46. The molecule has 0 heterocycles. The Hall–Kier alpha value is -1.77. The average Bonchev–Trinajstić information content (AvgIpc) is 2.42. The number of aliphatic carboxylic acids is 1. The summed E-state index contributed by atoms with van der Waals surface area (Å²) in [6.07, 6.45) is 9.14. The molecule has 0 aliphatic rings. The number of para-hydroxylation sites is 1. The van der Waals surface area contributed by atoms with E-state index in [4.69, 9.17) is 9.84 Å². The fourth-order valence-electron chi connectivity index (χ4n) is 1.93. The van der Waals surface area contributed by atoms with Gasteiger partial charge < -0.3 is 9.84 Å². The number of hydrogen-bond acceptors (Lipinski definition) is 2. The number of ether oxygens (including phenoxy) is 1. The second kappa shape index (κ2) is 9.20. The molecule has 0 atom stereocenters. The molecule has 0 fully saturated rings. The van der Waals surface area contributed by atoms with Gasteiger partial charge in [0.1, 0.15) is 5.75 Å². The monoisotopic (exact) mass is 262 g/mol. The average molecular weight is 262 g/mol. The van der Waals surface area contributed by atoms with Crippen molar-refractivity contribution in [3.05, 3.63) is 42.0 Å². The molecule has 0 saturated carbocycles. The lowest BCUT2D eigenvalue weighted by atomic mass is 10.1. The summed E-state index contributed by atoms with van der Waals surface area (Å²) in [5.41, 5.74) is 1.24. The van der Waals surface area contributed by atoms with Gasteiger partial charge in [-0.1, -0.05) is 30.4 Å². The Kier molecular flexibility index (Phi) is 7.40. The molecule has 0 aromatic heterocycles. The SMILES string of the molecule is COc1ccccc1CCCC=CCCCC(=O)O. The van der Waals surface area contributed by atoms with Crippen molar-refractivity contribution in [2.45, 2.75) is 38.5 Å². The normalized spacial score (nSPS) is 10.8. The predicted octanol–water partition coefficient (Wildman–Crippen LogP) is 3.83. The zero-order valence-electron chi connectivity index (χ0n) is 11.5. The van der Waals surface area contributed by atoms with Crippen LogP contribution in [-0.2, 0) is 11.2 Å². The van der Waals surface area contributed by atoms with Crippen molar-refractivity contribution >= 4 is 5.97 Å². The van der Waals surface area contributed by atoms with E-state index in [9.17, 15) is 4.79 Å². The summed E-state index contributed by atoms with van der Waals surface area (Å²) < 4.78 is 5.30. The Labute approximate surface area is 114 Å². The minimum Gasteiger partial charge on any atom is -0.496 e. The third-order valence-corrected chi connectivity index (χ3v) is 2.94. The summed E-state index contributed by atoms with van der Waals surface area (Å²) in [4.78, 5) is 10.3. The maximum absolute atomic E-state index is 10.3. The number of hydrogen-bond donors (Lipinski definition) is 1. The third-order valence-electron chi connectivity index (χ3n) is 2.94. The molecule has 3 heteroatoms. The minimum atomic E-state index is -0.718. The molecule has 1 N–H and O–H groups in total. The lowest BCUT2D eigenvalue weighted by Crippen LogP contribution is -1.92. The number of aryl methyl sites for hydroxylation is 1. The molecule has 104 valence electrons. The van der Waals surface area contributed by atoms with E-state index in [1.807, 2.05) is 18.2 Å². The van der Waals surface area contributed by atoms with Gasteiger partial charge >= 0.3 is 5.97 Å². The summed E-state index contributed by atoms with van der Waals surface area (Å²) in [6, 6.07) is 8.08.